The lowest BCUT2D eigenvalue weighted by Crippen LogP contribution is -2.32. The predicted molar refractivity (Wildman–Crippen MR) is 97.0 cm³/mol. The Hall–Kier alpha value is -2.66. The van der Waals surface area contributed by atoms with Crippen molar-refractivity contribution < 1.29 is 19.1 Å². The van der Waals surface area contributed by atoms with Gasteiger partial charge in [0.1, 0.15) is 0 Å². The van der Waals surface area contributed by atoms with E-state index in [0.29, 0.717) is 13.1 Å². The van der Waals surface area contributed by atoms with Crippen LogP contribution in [0, 0.1) is 11.8 Å². The lowest BCUT2D eigenvalue weighted by atomic mass is 9.87. The second-order valence-corrected chi connectivity index (χ2v) is 6.45. The van der Waals surface area contributed by atoms with Crippen molar-refractivity contribution in [1.82, 2.24) is 4.90 Å². The van der Waals surface area contributed by atoms with E-state index in [1.165, 1.54) is 14.2 Å². The van der Waals surface area contributed by atoms with Gasteiger partial charge in [-0.1, -0.05) is 60.7 Å². The predicted octanol–water partition coefficient (Wildman–Crippen LogP) is 2.82. The van der Waals surface area contributed by atoms with Crippen molar-refractivity contribution in [2.75, 3.05) is 20.8 Å². The minimum Gasteiger partial charge on any atom is -0.469 e. The highest BCUT2D eigenvalue weighted by Crippen LogP contribution is 2.42. The van der Waals surface area contributed by atoms with E-state index >= 15 is 0 Å². The molecule has 0 aromatic heterocycles. The van der Waals surface area contributed by atoms with Gasteiger partial charge in [0.15, 0.2) is 0 Å². The van der Waals surface area contributed by atoms with Gasteiger partial charge < -0.3 is 9.47 Å². The van der Waals surface area contributed by atoms with Crippen LogP contribution in [0.5, 0.6) is 0 Å². The van der Waals surface area contributed by atoms with Gasteiger partial charge in [-0.2, -0.15) is 0 Å². The maximum Gasteiger partial charge on any atom is 0.311 e. The van der Waals surface area contributed by atoms with Crippen molar-refractivity contribution in [3.63, 3.8) is 0 Å². The largest absolute Gasteiger partial charge is 0.469 e. The molecule has 0 bridgehead atoms. The SMILES string of the molecule is COC(=O)[C@@H]1[C@@H](C(=O)OC)CN(Cc2ccccc2)[C@H]1c1ccccc1. The molecule has 26 heavy (non-hydrogen) atoms. The first-order valence-corrected chi connectivity index (χ1v) is 8.64. The fourth-order valence-corrected chi connectivity index (χ4v) is 3.78. The molecule has 2 aromatic carbocycles. The maximum absolute atomic E-state index is 12.6. The summed E-state index contributed by atoms with van der Waals surface area (Å²) in [5.41, 5.74) is 2.12. The number of likely N-dealkylation sites (tertiary alicyclic amines) is 1. The van der Waals surface area contributed by atoms with E-state index in [9.17, 15) is 9.59 Å². The molecule has 0 saturated carbocycles. The summed E-state index contributed by atoms with van der Waals surface area (Å²) in [6, 6.07) is 19.6. The molecular formula is C21H23NO4. The van der Waals surface area contributed by atoms with Crippen molar-refractivity contribution in [1.29, 1.82) is 0 Å². The smallest absolute Gasteiger partial charge is 0.311 e. The number of esters is 2. The Bertz CT molecular complexity index is 747. The molecular weight excluding hydrogens is 330 g/mol. The van der Waals surface area contributed by atoms with Gasteiger partial charge in [0.2, 0.25) is 0 Å². The number of rotatable bonds is 5. The summed E-state index contributed by atoms with van der Waals surface area (Å²) in [6.07, 6.45) is 0. The zero-order chi connectivity index (χ0) is 18.5. The van der Waals surface area contributed by atoms with Crippen LogP contribution in [-0.4, -0.2) is 37.6 Å². The average Bonchev–Trinajstić information content (AvgIpc) is 3.07. The van der Waals surface area contributed by atoms with Crippen LogP contribution in [0.25, 0.3) is 0 Å². The minimum atomic E-state index is -0.599. The lowest BCUT2D eigenvalue weighted by Gasteiger charge is -2.27. The number of nitrogens with zero attached hydrogens (tertiary/aromatic N) is 1. The van der Waals surface area contributed by atoms with Gasteiger partial charge >= 0.3 is 11.9 Å². The molecule has 0 N–H and O–H groups in total. The molecule has 2 aromatic rings. The molecule has 0 unspecified atom stereocenters. The van der Waals surface area contributed by atoms with Crippen molar-refractivity contribution in [2.24, 2.45) is 11.8 Å². The van der Waals surface area contributed by atoms with Crippen molar-refractivity contribution in [3.8, 4) is 0 Å². The number of hydrogen-bond acceptors (Lipinski definition) is 5. The Morgan fingerprint density at radius 3 is 2.08 bits per heavy atom. The minimum absolute atomic E-state index is 0.243. The third kappa shape index (κ3) is 3.63. The van der Waals surface area contributed by atoms with Crippen LogP contribution in [0.15, 0.2) is 60.7 Å². The number of methoxy groups -OCH3 is 2. The standard InChI is InChI=1S/C21H23NO4/c1-25-20(23)17-14-22(13-15-9-5-3-6-10-15)19(18(17)21(24)26-2)16-11-7-4-8-12-16/h3-12,17-19H,13-14H2,1-2H3/t17-,18+,19-/m0/s1. The van der Waals surface area contributed by atoms with E-state index in [4.69, 9.17) is 9.47 Å². The molecule has 3 rings (SSSR count). The molecule has 0 amide bonds. The molecule has 1 heterocycles. The second kappa shape index (κ2) is 8.15. The highest BCUT2D eigenvalue weighted by molar-refractivity contribution is 5.83. The van der Waals surface area contributed by atoms with Gasteiger partial charge in [-0.15, -0.1) is 0 Å². The van der Waals surface area contributed by atoms with E-state index in [1.54, 1.807) is 0 Å². The Labute approximate surface area is 153 Å². The fraction of sp³-hybridized carbons (Fsp3) is 0.333. The van der Waals surface area contributed by atoms with Gasteiger partial charge in [0, 0.05) is 19.1 Å². The Morgan fingerprint density at radius 2 is 1.50 bits per heavy atom. The third-order valence-electron chi connectivity index (χ3n) is 4.95. The molecule has 0 aliphatic carbocycles. The fourth-order valence-electron chi connectivity index (χ4n) is 3.78. The molecule has 1 saturated heterocycles. The van der Waals surface area contributed by atoms with Crippen LogP contribution in [0.2, 0.25) is 0 Å². The normalized spacial score (nSPS) is 22.8. The topological polar surface area (TPSA) is 55.8 Å². The van der Waals surface area contributed by atoms with Crippen LogP contribution < -0.4 is 0 Å². The van der Waals surface area contributed by atoms with Gasteiger partial charge in [0.05, 0.1) is 26.1 Å². The Morgan fingerprint density at radius 1 is 0.923 bits per heavy atom. The first kappa shape index (κ1) is 18.1. The average molecular weight is 353 g/mol. The first-order valence-electron chi connectivity index (χ1n) is 8.64. The summed E-state index contributed by atoms with van der Waals surface area (Å²) >= 11 is 0. The molecule has 5 heteroatoms. The number of ether oxygens (including phenoxy) is 2. The zero-order valence-corrected chi connectivity index (χ0v) is 15.0. The van der Waals surface area contributed by atoms with Crippen LogP contribution in [0.3, 0.4) is 0 Å². The lowest BCUT2D eigenvalue weighted by molar-refractivity contribution is -0.156. The number of hydrogen-bond donors (Lipinski definition) is 0. The van der Waals surface area contributed by atoms with E-state index in [-0.39, 0.29) is 18.0 Å². The number of carbonyl (C=O) groups is 2. The van der Waals surface area contributed by atoms with E-state index < -0.39 is 11.8 Å². The monoisotopic (exact) mass is 353 g/mol. The highest BCUT2D eigenvalue weighted by Gasteiger charge is 2.50. The van der Waals surface area contributed by atoms with Crippen molar-refractivity contribution in [3.05, 3.63) is 71.8 Å². The molecule has 1 aliphatic heterocycles. The van der Waals surface area contributed by atoms with Gasteiger partial charge in [-0.25, -0.2) is 0 Å². The van der Waals surface area contributed by atoms with Gasteiger partial charge in [-0.3, -0.25) is 14.5 Å². The van der Waals surface area contributed by atoms with Crippen LogP contribution in [0.1, 0.15) is 17.2 Å². The highest BCUT2D eigenvalue weighted by atomic mass is 16.5. The molecule has 5 nitrogen and oxygen atoms in total. The molecule has 0 spiro atoms. The number of carbonyl (C=O) groups excluding carboxylic acids is 2. The molecule has 1 aliphatic rings. The zero-order valence-electron chi connectivity index (χ0n) is 15.0. The van der Waals surface area contributed by atoms with Crippen molar-refractivity contribution >= 4 is 11.9 Å². The maximum atomic E-state index is 12.6. The summed E-state index contributed by atoms with van der Waals surface area (Å²) in [7, 11) is 2.71. The van der Waals surface area contributed by atoms with Crippen LogP contribution in [-0.2, 0) is 25.6 Å². The summed E-state index contributed by atoms with van der Waals surface area (Å²) in [5, 5.41) is 0. The van der Waals surface area contributed by atoms with Gasteiger partial charge in [0.25, 0.3) is 0 Å². The van der Waals surface area contributed by atoms with E-state index in [0.717, 1.165) is 11.1 Å². The first-order chi connectivity index (χ1) is 12.7. The Kier molecular flexibility index (Phi) is 5.68. The van der Waals surface area contributed by atoms with Gasteiger partial charge in [-0.05, 0) is 11.1 Å². The van der Waals surface area contributed by atoms with E-state index in [1.807, 2.05) is 60.7 Å². The van der Waals surface area contributed by atoms with Crippen LogP contribution >= 0.6 is 0 Å². The van der Waals surface area contributed by atoms with Crippen molar-refractivity contribution in [2.45, 2.75) is 12.6 Å². The summed E-state index contributed by atoms with van der Waals surface area (Å²) in [4.78, 5) is 27.1. The molecule has 136 valence electrons. The quantitative estimate of drug-likeness (QED) is 0.774. The molecule has 3 atom stereocenters. The van der Waals surface area contributed by atoms with E-state index in [2.05, 4.69) is 4.90 Å². The molecule has 1 fully saturated rings. The van der Waals surface area contributed by atoms with Crippen LogP contribution in [0.4, 0.5) is 0 Å². The third-order valence-corrected chi connectivity index (χ3v) is 4.95. The number of benzene rings is 2. The summed E-state index contributed by atoms with van der Waals surface area (Å²) in [6.45, 7) is 1.09. The Balaban J connectivity index is 2.00. The summed E-state index contributed by atoms with van der Waals surface area (Å²) < 4.78 is 10.0. The molecule has 0 radical (unpaired) electrons. The second-order valence-electron chi connectivity index (χ2n) is 6.45. The summed E-state index contributed by atoms with van der Waals surface area (Å²) in [5.74, 6) is -1.92.